The second-order valence-electron chi connectivity index (χ2n) is 4.28. The number of anilines is 1. The molecule has 0 aromatic heterocycles. The van der Waals surface area contributed by atoms with Gasteiger partial charge >= 0.3 is 6.18 Å². The third kappa shape index (κ3) is 3.86. The van der Waals surface area contributed by atoms with Crippen molar-refractivity contribution >= 4 is 43.5 Å². The first-order valence-electron chi connectivity index (χ1n) is 5.81. The van der Waals surface area contributed by atoms with Crippen LogP contribution in [0.5, 0.6) is 0 Å². The molecule has 0 spiro atoms. The molecule has 8 heteroatoms. The van der Waals surface area contributed by atoms with Gasteiger partial charge in [-0.3, -0.25) is 4.79 Å². The maximum atomic E-state index is 13.4. The Balaban J connectivity index is 2.28. The summed E-state index contributed by atoms with van der Waals surface area (Å²) >= 11 is 5.76. The Labute approximate surface area is 139 Å². The van der Waals surface area contributed by atoms with Crippen LogP contribution in [0.3, 0.4) is 0 Å². The van der Waals surface area contributed by atoms with Crippen molar-refractivity contribution in [2.75, 3.05) is 5.32 Å². The van der Waals surface area contributed by atoms with Crippen molar-refractivity contribution in [3.63, 3.8) is 0 Å². The molecule has 0 fully saturated rings. The molecule has 0 unspecified atom stereocenters. The summed E-state index contributed by atoms with van der Waals surface area (Å²) in [6, 6.07) is 6.98. The molecule has 1 N–H and O–H groups in total. The largest absolute Gasteiger partial charge is 0.417 e. The van der Waals surface area contributed by atoms with Gasteiger partial charge in [0, 0.05) is 15.7 Å². The molecular weight excluding hydrogens is 434 g/mol. The molecule has 0 aliphatic carbocycles. The minimum Gasteiger partial charge on any atom is -0.322 e. The monoisotopic (exact) mass is 439 g/mol. The van der Waals surface area contributed by atoms with Gasteiger partial charge < -0.3 is 5.32 Å². The van der Waals surface area contributed by atoms with E-state index in [4.69, 9.17) is 0 Å². The van der Waals surface area contributed by atoms with Crippen LogP contribution in [0.1, 0.15) is 15.9 Å². The van der Waals surface area contributed by atoms with Gasteiger partial charge in [-0.1, -0.05) is 15.9 Å². The summed E-state index contributed by atoms with van der Waals surface area (Å²) in [6.45, 7) is 0. The fourth-order valence-corrected chi connectivity index (χ4v) is 2.38. The van der Waals surface area contributed by atoms with Gasteiger partial charge in [0.2, 0.25) is 0 Å². The highest BCUT2D eigenvalue weighted by molar-refractivity contribution is 9.10. The van der Waals surface area contributed by atoms with Crippen LogP contribution in [-0.2, 0) is 6.18 Å². The van der Waals surface area contributed by atoms with Crippen molar-refractivity contribution in [2.24, 2.45) is 0 Å². The lowest BCUT2D eigenvalue weighted by molar-refractivity contribution is -0.138. The summed E-state index contributed by atoms with van der Waals surface area (Å²) in [6.07, 6.45) is -4.58. The lowest BCUT2D eigenvalue weighted by Crippen LogP contribution is -2.14. The van der Waals surface area contributed by atoms with Gasteiger partial charge in [0.05, 0.1) is 10.0 Å². The van der Waals surface area contributed by atoms with Crippen molar-refractivity contribution in [3.05, 3.63) is 62.3 Å². The summed E-state index contributed by atoms with van der Waals surface area (Å²) in [4.78, 5) is 12.0. The van der Waals surface area contributed by atoms with Gasteiger partial charge in [0.15, 0.2) is 0 Å². The molecule has 116 valence electrons. The second kappa shape index (κ2) is 6.37. The molecule has 2 aromatic carbocycles. The molecule has 0 aliphatic rings. The number of hydrogen-bond acceptors (Lipinski definition) is 1. The summed E-state index contributed by atoms with van der Waals surface area (Å²) in [7, 11) is 0. The molecule has 0 radical (unpaired) electrons. The number of benzene rings is 2. The standard InChI is InChI=1S/C14H7Br2F4NO/c15-10-3-1-7(5-9(10)14(18,19)20)13(22)21-8-2-4-11(16)12(17)6-8/h1-6H,(H,21,22). The number of rotatable bonds is 2. The predicted molar refractivity (Wildman–Crippen MR) is 81.2 cm³/mol. The van der Waals surface area contributed by atoms with Crippen molar-refractivity contribution in [2.45, 2.75) is 6.18 Å². The highest BCUT2D eigenvalue weighted by atomic mass is 79.9. The lowest BCUT2D eigenvalue weighted by atomic mass is 10.1. The molecule has 0 bridgehead atoms. The SMILES string of the molecule is O=C(Nc1ccc(Br)c(F)c1)c1ccc(Br)c(C(F)(F)F)c1. The molecule has 2 rings (SSSR count). The van der Waals surface area contributed by atoms with Crippen molar-refractivity contribution in [1.82, 2.24) is 0 Å². The van der Waals surface area contributed by atoms with E-state index in [0.717, 1.165) is 18.2 Å². The predicted octanol–water partition coefficient (Wildman–Crippen LogP) is 5.62. The fraction of sp³-hybridized carbons (Fsp3) is 0.0714. The van der Waals surface area contributed by atoms with E-state index >= 15 is 0 Å². The van der Waals surface area contributed by atoms with E-state index in [2.05, 4.69) is 37.2 Å². The van der Waals surface area contributed by atoms with E-state index in [-0.39, 0.29) is 20.2 Å². The zero-order chi connectivity index (χ0) is 16.5. The van der Waals surface area contributed by atoms with Crippen LogP contribution >= 0.6 is 31.9 Å². The molecular formula is C14H7Br2F4NO. The van der Waals surface area contributed by atoms with E-state index in [1.807, 2.05) is 0 Å². The zero-order valence-electron chi connectivity index (χ0n) is 10.6. The normalized spacial score (nSPS) is 11.4. The number of carbonyl (C=O) groups is 1. The zero-order valence-corrected chi connectivity index (χ0v) is 13.8. The average Bonchev–Trinajstić information content (AvgIpc) is 2.42. The van der Waals surface area contributed by atoms with Crippen molar-refractivity contribution < 1.29 is 22.4 Å². The van der Waals surface area contributed by atoms with E-state index in [1.165, 1.54) is 18.2 Å². The Hall–Kier alpha value is -1.41. The van der Waals surface area contributed by atoms with Crippen LogP contribution in [-0.4, -0.2) is 5.91 Å². The van der Waals surface area contributed by atoms with Crippen LogP contribution in [0, 0.1) is 5.82 Å². The lowest BCUT2D eigenvalue weighted by Gasteiger charge is -2.11. The smallest absolute Gasteiger partial charge is 0.322 e. The Bertz CT molecular complexity index is 731. The first-order valence-corrected chi connectivity index (χ1v) is 7.40. The van der Waals surface area contributed by atoms with Crippen LogP contribution in [0.2, 0.25) is 0 Å². The Morgan fingerprint density at radius 3 is 2.23 bits per heavy atom. The van der Waals surface area contributed by atoms with Gasteiger partial charge in [0.1, 0.15) is 5.82 Å². The summed E-state index contributed by atoms with van der Waals surface area (Å²) in [5.74, 6) is -1.36. The number of hydrogen-bond donors (Lipinski definition) is 1. The third-order valence-electron chi connectivity index (χ3n) is 2.71. The summed E-state index contributed by atoms with van der Waals surface area (Å²) < 4.78 is 51.8. The number of alkyl halides is 3. The van der Waals surface area contributed by atoms with Crippen molar-refractivity contribution in [1.29, 1.82) is 0 Å². The molecule has 2 nitrogen and oxygen atoms in total. The second-order valence-corrected chi connectivity index (χ2v) is 5.98. The third-order valence-corrected chi connectivity index (χ3v) is 4.05. The molecule has 0 atom stereocenters. The summed E-state index contributed by atoms with van der Waals surface area (Å²) in [5, 5.41) is 2.34. The highest BCUT2D eigenvalue weighted by Crippen LogP contribution is 2.35. The Morgan fingerprint density at radius 1 is 1.00 bits per heavy atom. The van der Waals surface area contributed by atoms with Gasteiger partial charge in [-0.05, 0) is 52.3 Å². The first-order chi connectivity index (χ1) is 10.2. The quantitative estimate of drug-likeness (QED) is 0.603. The van der Waals surface area contributed by atoms with Gasteiger partial charge in [-0.2, -0.15) is 13.2 Å². The van der Waals surface area contributed by atoms with Gasteiger partial charge in [-0.25, -0.2) is 4.39 Å². The maximum Gasteiger partial charge on any atom is 0.417 e. The van der Waals surface area contributed by atoms with Crippen molar-refractivity contribution in [3.8, 4) is 0 Å². The van der Waals surface area contributed by atoms with E-state index in [1.54, 1.807) is 0 Å². The molecule has 22 heavy (non-hydrogen) atoms. The average molecular weight is 441 g/mol. The van der Waals surface area contributed by atoms with E-state index in [9.17, 15) is 22.4 Å². The molecule has 2 aromatic rings. The molecule has 0 saturated heterocycles. The van der Waals surface area contributed by atoms with E-state index in [0.29, 0.717) is 0 Å². The van der Waals surface area contributed by atoms with Crippen LogP contribution in [0.4, 0.5) is 23.2 Å². The van der Waals surface area contributed by atoms with E-state index < -0.39 is 23.5 Å². The topological polar surface area (TPSA) is 29.1 Å². The van der Waals surface area contributed by atoms with Gasteiger partial charge in [-0.15, -0.1) is 0 Å². The summed E-state index contributed by atoms with van der Waals surface area (Å²) in [5.41, 5.74) is -0.997. The molecule has 0 heterocycles. The number of halogens is 6. The van der Waals surface area contributed by atoms with Crippen LogP contribution < -0.4 is 5.32 Å². The minimum absolute atomic E-state index is 0.141. The molecule has 0 saturated carbocycles. The van der Waals surface area contributed by atoms with Gasteiger partial charge in [0.25, 0.3) is 5.91 Å². The number of amides is 1. The van der Waals surface area contributed by atoms with Crippen LogP contribution in [0.25, 0.3) is 0 Å². The Morgan fingerprint density at radius 2 is 1.64 bits per heavy atom. The minimum atomic E-state index is -4.58. The Kier molecular flexibility index (Phi) is 4.91. The number of nitrogens with one attached hydrogen (secondary N) is 1. The molecule has 0 aliphatic heterocycles. The molecule has 1 amide bonds. The highest BCUT2D eigenvalue weighted by Gasteiger charge is 2.33. The number of carbonyl (C=O) groups excluding carboxylic acids is 1. The van der Waals surface area contributed by atoms with Crippen LogP contribution in [0.15, 0.2) is 45.3 Å². The fourth-order valence-electron chi connectivity index (χ4n) is 1.66. The first kappa shape index (κ1) is 17.0. The maximum absolute atomic E-state index is 13.4.